The highest BCUT2D eigenvalue weighted by Gasteiger charge is 2.27. The second kappa shape index (κ2) is 7.24. The van der Waals surface area contributed by atoms with Crippen molar-refractivity contribution in [3.05, 3.63) is 15.6 Å². The SMILES string of the molecule is CCCNCc1sc(CCC(F)(F)F)nc1C(C)C. The van der Waals surface area contributed by atoms with Gasteiger partial charge in [-0.2, -0.15) is 13.2 Å². The number of nitrogens with zero attached hydrogens (tertiary/aromatic N) is 1. The van der Waals surface area contributed by atoms with Crippen LogP contribution in [0.5, 0.6) is 0 Å². The highest BCUT2D eigenvalue weighted by molar-refractivity contribution is 7.11. The van der Waals surface area contributed by atoms with E-state index >= 15 is 0 Å². The van der Waals surface area contributed by atoms with E-state index in [9.17, 15) is 13.2 Å². The van der Waals surface area contributed by atoms with Gasteiger partial charge in [0.05, 0.1) is 10.7 Å². The van der Waals surface area contributed by atoms with Gasteiger partial charge in [-0.1, -0.05) is 20.8 Å². The second-order valence-corrected chi connectivity index (χ2v) is 6.03. The quantitative estimate of drug-likeness (QED) is 0.760. The maximum atomic E-state index is 12.2. The predicted molar refractivity (Wildman–Crippen MR) is 72.6 cm³/mol. The van der Waals surface area contributed by atoms with E-state index in [4.69, 9.17) is 0 Å². The maximum Gasteiger partial charge on any atom is 0.389 e. The topological polar surface area (TPSA) is 24.9 Å². The molecule has 0 aliphatic carbocycles. The minimum Gasteiger partial charge on any atom is -0.312 e. The molecule has 0 amide bonds. The summed E-state index contributed by atoms with van der Waals surface area (Å²) in [5, 5.41) is 3.87. The summed E-state index contributed by atoms with van der Waals surface area (Å²) in [6, 6.07) is 0. The Kier molecular flexibility index (Phi) is 6.26. The Balaban J connectivity index is 2.70. The Bertz CT molecular complexity index is 386. The van der Waals surface area contributed by atoms with E-state index in [1.165, 1.54) is 11.3 Å². The largest absolute Gasteiger partial charge is 0.389 e. The van der Waals surface area contributed by atoms with Crippen molar-refractivity contribution in [2.45, 2.75) is 58.7 Å². The molecule has 0 aliphatic rings. The third kappa shape index (κ3) is 5.91. The summed E-state index contributed by atoms with van der Waals surface area (Å²) >= 11 is 1.41. The van der Waals surface area contributed by atoms with Gasteiger partial charge in [-0.15, -0.1) is 11.3 Å². The molecule has 0 aliphatic heterocycles. The number of nitrogens with one attached hydrogen (secondary N) is 1. The highest BCUT2D eigenvalue weighted by Crippen LogP contribution is 2.28. The summed E-state index contributed by atoms with van der Waals surface area (Å²) in [5.74, 6) is 0.245. The molecule has 19 heavy (non-hydrogen) atoms. The van der Waals surface area contributed by atoms with Crippen LogP contribution >= 0.6 is 11.3 Å². The lowest BCUT2D eigenvalue weighted by Crippen LogP contribution is -2.14. The van der Waals surface area contributed by atoms with Gasteiger partial charge >= 0.3 is 6.18 Å². The van der Waals surface area contributed by atoms with Crippen molar-refractivity contribution >= 4 is 11.3 Å². The molecule has 1 rings (SSSR count). The smallest absolute Gasteiger partial charge is 0.312 e. The summed E-state index contributed by atoms with van der Waals surface area (Å²) in [7, 11) is 0. The van der Waals surface area contributed by atoms with Crippen molar-refractivity contribution < 1.29 is 13.2 Å². The van der Waals surface area contributed by atoms with E-state index < -0.39 is 12.6 Å². The average molecular weight is 294 g/mol. The Morgan fingerprint density at radius 2 is 2.00 bits per heavy atom. The lowest BCUT2D eigenvalue weighted by Gasteiger charge is -2.05. The van der Waals surface area contributed by atoms with Crippen molar-refractivity contribution in [1.29, 1.82) is 0 Å². The van der Waals surface area contributed by atoms with Crippen LogP contribution in [-0.4, -0.2) is 17.7 Å². The molecule has 0 atom stereocenters. The van der Waals surface area contributed by atoms with Crippen LogP contribution in [0.15, 0.2) is 0 Å². The minimum atomic E-state index is -4.11. The molecule has 0 bridgehead atoms. The Labute approximate surface area is 116 Å². The lowest BCUT2D eigenvalue weighted by molar-refractivity contribution is -0.134. The van der Waals surface area contributed by atoms with Gasteiger partial charge in [0.2, 0.25) is 0 Å². The summed E-state index contributed by atoms with van der Waals surface area (Å²) in [4.78, 5) is 5.44. The van der Waals surface area contributed by atoms with Gasteiger partial charge in [0.25, 0.3) is 0 Å². The normalized spacial score (nSPS) is 12.4. The molecule has 0 aromatic carbocycles. The zero-order valence-corrected chi connectivity index (χ0v) is 12.4. The third-order valence-corrected chi connectivity index (χ3v) is 3.78. The maximum absolute atomic E-state index is 12.2. The Hall–Kier alpha value is -0.620. The van der Waals surface area contributed by atoms with Crippen LogP contribution in [0.2, 0.25) is 0 Å². The van der Waals surface area contributed by atoms with E-state index in [0.29, 0.717) is 11.6 Å². The van der Waals surface area contributed by atoms with Crippen molar-refractivity contribution in [2.24, 2.45) is 0 Å². The fourth-order valence-corrected chi connectivity index (χ4v) is 2.92. The summed E-state index contributed by atoms with van der Waals surface area (Å²) < 4.78 is 36.7. The monoisotopic (exact) mass is 294 g/mol. The molecule has 110 valence electrons. The minimum absolute atomic E-state index is 0.0122. The van der Waals surface area contributed by atoms with Crippen LogP contribution < -0.4 is 5.32 Å². The van der Waals surface area contributed by atoms with Gasteiger partial charge in [-0.3, -0.25) is 0 Å². The first-order chi connectivity index (χ1) is 8.83. The molecule has 1 heterocycles. The van der Waals surface area contributed by atoms with Crippen LogP contribution in [-0.2, 0) is 13.0 Å². The van der Waals surface area contributed by atoms with Crippen molar-refractivity contribution in [1.82, 2.24) is 10.3 Å². The van der Waals surface area contributed by atoms with E-state index in [-0.39, 0.29) is 12.3 Å². The molecule has 1 N–H and O–H groups in total. The molecule has 0 spiro atoms. The molecule has 6 heteroatoms. The number of aromatic nitrogens is 1. The van der Waals surface area contributed by atoms with Gasteiger partial charge in [-0.25, -0.2) is 4.98 Å². The van der Waals surface area contributed by atoms with Crippen LogP contribution in [0.4, 0.5) is 13.2 Å². The number of aryl methyl sites for hydroxylation is 1. The van der Waals surface area contributed by atoms with Gasteiger partial charge in [0.15, 0.2) is 0 Å². The summed E-state index contributed by atoms with van der Waals surface area (Å²) in [6.07, 6.45) is -3.87. The molecule has 0 radical (unpaired) electrons. The van der Waals surface area contributed by atoms with Crippen LogP contribution in [0.1, 0.15) is 55.1 Å². The fourth-order valence-electron chi connectivity index (χ4n) is 1.73. The molecular weight excluding hydrogens is 273 g/mol. The zero-order valence-electron chi connectivity index (χ0n) is 11.6. The number of alkyl halides is 3. The number of hydrogen-bond acceptors (Lipinski definition) is 3. The van der Waals surface area contributed by atoms with Gasteiger partial charge in [0, 0.05) is 24.3 Å². The summed E-state index contributed by atoms with van der Waals surface area (Å²) in [5.41, 5.74) is 0.936. The number of rotatable bonds is 7. The van der Waals surface area contributed by atoms with E-state index in [1.807, 2.05) is 13.8 Å². The van der Waals surface area contributed by atoms with Crippen LogP contribution in [0, 0.1) is 0 Å². The Morgan fingerprint density at radius 1 is 1.32 bits per heavy atom. The Morgan fingerprint density at radius 3 is 2.53 bits per heavy atom. The number of hydrogen-bond donors (Lipinski definition) is 1. The van der Waals surface area contributed by atoms with E-state index in [1.54, 1.807) is 0 Å². The molecule has 1 aromatic rings. The number of halogens is 3. The molecular formula is C13H21F3N2S. The second-order valence-electron chi connectivity index (χ2n) is 4.86. The van der Waals surface area contributed by atoms with Crippen LogP contribution in [0.25, 0.3) is 0 Å². The first-order valence-corrected chi connectivity index (χ1v) is 7.41. The van der Waals surface area contributed by atoms with E-state index in [0.717, 1.165) is 23.5 Å². The standard InChI is InChI=1S/C13H21F3N2S/c1-4-7-17-8-10-12(9(2)3)18-11(19-10)5-6-13(14,15)16/h9,17H,4-8H2,1-3H3. The lowest BCUT2D eigenvalue weighted by atomic mass is 10.1. The van der Waals surface area contributed by atoms with Crippen LogP contribution in [0.3, 0.4) is 0 Å². The van der Waals surface area contributed by atoms with Crippen molar-refractivity contribution in [3.63, 3.8) is 0 Å². The first-order valence-electron chi connectivity index (χ1n) is 6.59. The highest BCUT2D eigenvalue weighted by atomic mass is 32.1. The van der Waals surface area contributed by atoms with E-state index in [2.05, 4.69) is 17.2 Å². The zero-order chi connectivity index (χ0) is 14.5. The molecule has 1 aromatic heterocycles. The van der Waals surface area contributed by atoms with Gasteiger partial charge < -0.3 is 5.32 Å². The molecule has 0 saturated carbocycles. The average Bonchev–Trinajstić information content (AvgIpc) is 2.69. The molecule has 0 unspecified atom stereocenters. The van der Waals surface area contributed by atoms with Crippen molar-refractivity contribution in [3.8, 4) is 0 Å². The third-order valence-electron chi connectivity index (χ3n) is 2.65. The molecule has 0 saturated heterocycles. The number of thiazole rings is 1. The summed E-state index contributed by atoms with van der Waals surface area (Å²) in [6.45, 7) is 7.73. The predicted octanol–water partition coefficient (Wildman–Crippen LogP) is 4.26. The van der Waals surface area contributed by atoms with Gasteiger partial charge in [-0.05, 0) is 18.9 Å². The first kappa shape index (κ1) is 16.4. The van der Waals surface area contributed by atoms with Crippen molar-refractivity contribution in [2.75, 3.05) is 6.54 Å². The van der Waals surface area contributed by atoms with Gasteiger partial charge in [0.1, 0.15) is 0 Å². The fraction of sp³-hybridized carbons (Fsp3) is 0.769. The molecule has 0 fully saturated rings. The molecule has 2 nitrogen and oxygen atoms in total.